The Morgan fingerprint density at radius 2 is 1.74 bits per heavy atom. The number of carbonyl (C=O) groups is 1. The highest BCUT2D eigenvalue weighted by atomic mass is 19.1. The van der Waals surface area contributed by atoms with Gasteiger partial charge in [0.15, 0.2) is 0 Å². The van der Waals surface area contributed by atoms with E-state index in [-0.39, 0.29) is 17.4 Å². The molecule has 31 heavy (non-hydrogen) atoms. The number of nitrogens with zero attached hydrogens (tertiary/aromatic N) is 4. The van der Waals surface area contributed by atoms with Crippen molar-refractivity contribution in [3.8, 4) is 6.07 Å². The number of hydrogen-bond donors (Lipinski definition) is 0. The van der Waals surface area contributed by atoms with Crippen molar-refractivity contribution in [2.75, 3.05) is 31.1 Å². The number of aryl methyl sites for hydroxylation is 1. The zero-order valence-electron chi connectivity index (χ0n) is 17.1. The third kappa shape index (κ3) is 4.64. The molecule has 4 rings (SSSR count). The number of benzene rings is 2. The molecule has 0 aliphatic carbocycles. The van der Waals surface area contributed by atoms with Gasteiger partial charge in [-0.3, -0.25) is 4.79 Å². The fourth-order valence-electron chi connectivity index (χ4n) is 3.42. The lowest BCUT2D eigenvalue weighted by Crippen LogP contribution is -2.48. The molecule has 0 spiro atoms. The van der Waals surface area contributed by atoms with Crippen molar-refractivity contribution in [3.63, 3.8) is 0 Å². The van der Waals surface area contributed by atoms with Crippen molar-refractivity contribution in [3.05, 3.63) is 82.6 Å². The zero-order chi connectivity index (χ0) is 21.8. The van der Waals surface area contributed by atoms with Crippen LogP contribution in [0.15, 0.2) is 52.9 Å². The van der Waals surface area contributed by atoms with Gasteiger partial charge >= 0.3 is 0 Å². The molecule has 1 aliphatic heterocycles. The molecule has 0 unspecified atom stereocenters. The number of rotatable bonds is 4. The molecule has 3 aromatic rings. The van der Waals surface area contributed by atoms with Gasteiger partial charge in [0, 0.05) is 37.8 Å². The van der Waals surface area contributed by atoms with Crippen LogP contribution in [0.5, 0.6) is 0 Å². The van der Waals surface area contributed by atoms with Gasteiger partial charge in [0.05, 0.1) is 0 Å². The van der Waals surface area contributed by atoms with E-state index in [2.05, 4.69) is 11.1 Å². The van der Waals surface area contributed by atoms with Gasteiger partial charge in [0.1, 0.15) is 11.9 Å². The molecule has 7 heteroatoms. The summed E-state index contributed by atoms with van der Waals surface area (Å²) in [7, 11) is 0. The van der Waals surface area contributed by atoms with Crippen molar-refractivity contribution in [2.45, 2.75) is 6.92 Å². The van der Waals surface area contributed by atoms with E-state index in [0.29, 0.717) is 43.5 Å². The van der Waals surface area contributed by atoms with Gasteiger partial charge in [-0.15, -0.1) is 0 Å². The molecule has 6 nitrogen and oxygen atoms in total. The minimum Gasteiger partial charge on any atom is -0.420 e. The summed E-state index contributed by atoms with van der Waals surface area (Å²) in [4.78, 5) is 20.7. The SMILES string of the molecule is Cc1ccc(C(=O)N2CCN(c3oc(C=Cc4ccc(F)cc4)nc3C#N)CC2)cc1. The summed E-state index contributed by atoms with van der Waals surface area (Å²) < 4.78 is 18.8. The van der Waals surface area contributed by atoms with Gasteiger partial charge in [-0.1, -0.05) is 29.8 Å². The predicted octanol–water partition coefficient (Wildman–Crippen LogP) is 4.13. The zero-order valence-corrected chi connectivity index (χ0v) is 17.1. The highest BCUT2D eigenvalue weighted by molar-refractivity contribution is 5.94. The number of aromatic nitrogens is 1. The van der Waals surface area contributed by atoms with Crippen molar-refractivity contribution in [1.29, 1.82) is 5.26 Å². The third-order valence-corrected chi connectivity index (χ3v) is 5.17. The molecule has 1 saturated heterocycles. The third-order valence-electron chi connectivity index (χ3n) is 5.17. The average molecular weight is 416 g/mol. The molecule has 1 amide bonds. The van der Waals surface area contributed by atoms with E-state index in [4.69, 9.17) is 4.42 Å². The molecule has 0 N–H and O–H groups in total. The van der Waals surface area contributed by atoms with Crippen molar-refractivity contribution >= 4 is 23.9 Å². The van der Waals surface area contributed by atoms with Gasteiger partial charge in [-0.05, 0) is 42.8 Å². The lowest BCUT2D eigenvalue weighted by molar-refractivity contribution is 0.0745. The van der Waals surface area contributed by atoms with E-state index >= 15 is 0 Å². The second-order valence-corrected chi connectivity index (χ2v) is 7.35. The molecule has 0 radical (unpaired) electrons. The van der Waals surface area contributed by atoms with Crippen LogP contribution in [-0.2, 0) is 0 Å². The van der Waals surface area contributed by atoms with Crippen LogP contribution >= 0.6 is 0 Å². The lowest BCUT2D eigenvalue weighted by atomic mass is 10.1. The van der Waals surface area contributed by atoms with Gasteiger partial charge < -0.3 is 14.2 Å². The highest BCUT2D eigenvalue weighted by Crippen LogP contribution is 2.24. The number of piperazine rings is 1. The summed E-state index contributed by atoms with van der Waals surface area (Å²) in [6.07, 6.45) is 3.39. The topological polar surface area (TPSA) is 73.4 Å². The van der Waals surface area contributed by atoms with Crippen LogP contribution in [0.25, 0.3) is 12.2 Å². The molecule has 156 valence electrons. The molecule has 1 fully saturated rings. The second-order valence-electron chi connectivity index (χ2n) is 7.35. The summed E-state index contributed by atoms with van der Waals surface area (Å²) in [5.41, 5.74) is 2.78. The van der Waals surface area contributed by atoms with Gasteiger partial charge in [0.2, 0.25) is 17.5 Å². The van der Waals surface area contributed by atoms with E-state index in [1.54, 1.807) is 29.2 Å². The molecule has 0 saturated carbocycles. The minimum atomic E-state index is -0.303. The predicted molar refractivity (Wildman–Crippen MR) is 116 cm³/mol. The number of carbonyl (C=O) groups excluding carboxylic acids is 1. The monoisotopic (exact) mass is 416 g/mol. The van der Waals surface area contributed by atoms with Crippen molar-refractivity contribution < 1.29 is 13.6 Å². The van der Waals surface area contributed by atoms with Crippen LogP contribution in [0, 0.1) is 24.1 Å². The van der Waals surface area contributed by atoms with E-state index in [0.717, 1.165) is 11.1 Å². The molecular formula is C24H21FN4O2. The quantitative estimate of drug-likeness (QED) is 0.640. The van der Waals surface area contributed by atoms with Gasteiger partial charge in [-0.25, -0.2) is 4.39 Å². The molecule has 2 aromatic carbocycles. The first-order valence-corrected chi connectivity index (χ1v) is 9.99. The first-order valence-electron chi connectivity index (χ1n) is 9.99. The fraction of sp³-hybridized carbons (Fsp3) is 0.208. The minimum absolute atomic E-state index is 0.000599. The van der Waals surface area contributed by atoms with Crippen LogP contribution < -0.4 is 4.90 Å². The van der Waals surface area contributed by atoms with Crippen molar-refractivity contribution in [1.82, 2.24) is 9.88 Å². The van der Waals surface area contributed by atoms with Gasteiger partial charge in [-0.2, -0.15) is 10.2 Å². The summed E-state index contributed by atoms with van der Waals surface area (Å²) in [5, 5.41) is 9.46. The Labute approximate surface area is 179 Å². The Kier molecular flexibility index (Phi) is 5.80. The average Bonchev–Trinajstić information content (AvgIpc) is 3.22. The van der Waals surface area contributed by atoms with Crippen LogP contribution in [0.1, 0.15) is 33.1 Å². The number of hydrogen-bond acceptors (Lipinski definition) is 5. The van der Waals surface area contributed by atoms with E-state index in [1.165, 1.54) is 12.1 Å². The summed E-state index contributed by atoms with van der Waals surface area (Å²) >= 11 is 0. The number of anilines is 1. The molecular weight excluding hydrogens is 395 g/mol. The maximum absolute atomic E-state index is 13.0. The fourth-order valence-corrected chi connectivity index (χ4v) is 3.42. The molecule has 0 atom stereocenters. The first kappa shape index (κ1) is 20.4. The van der Waals surface area contributed by atoms with Gasteiger partial charge in [0.25, 0.3) is 5.91 Å². The maximum Gasteiger partial charge on any atom is 0.253 e. The Balaban J connectivity index is 1.43. The van der Waals surface area contributed by atoms with Crippen LogP contribution in [0.4, 0.5) is 10.3 Å². The molecule has 1 aromatic heterocycles. The lowest BCUT2D eigenvalue weighted by Gasteiger charge is -2.34. The molecule has 0 bridgehead atoms. The number of halogens is 1. The van der Waals surface area contributed by atoms with Crippen LogP contribution in [-0.4, -0.2) is 42.0 Å². The van der Waals surface area contributed by atoms with E-state index in [1.807, 2.05) is 36.1 Å². The first-order chi connectivity index (χ1) is 15.0. The van der Waals surface area contributed by atoms with Crippen LogP contribution in [0.3, 0.4) is 0 Å². The number of nitriles is 1. The molecule has 1 aliphatic rings. The Hall–Kier alpha value is -3.92. The highest BCUT2D eigenvalue weighted by Gasteiger charge is 2.26. The normalized spacial score (nSPS) is 14.1. The smallest absolute Gasteiger partial charge is 0.253 e. The Morgan fingerprint density at radius 3 is 2.39 bits per heavy atom. The summed E-state index contributed by atoms with van der Waals surface area (Å²) in [5.74, 6) is 0.403. The maximum atomic E-state index is 13.0. The second kappa shape index (κ2) is 8.84. The largest absolute Gasteiger partial charge is 0.420 e. The Morgan fingerprint density at radius 1 is 1.06 bits per heavy atom. The van der Waals surface area contributed by atoms with E-state index in [9.17, 15) is 14.4 Å². The summed E-state index contributed by atoms with van der Waals surface area (Å²) in [6.45, 7) is 4.13. The van der Waals surface area contributed by atoms with E-state index < -0.39 is 0 Å². The summed E-state index contributed by atoms with van der Waals surface area (Å²) in [6, 6.07) is 15.6. The molecule has 2 heterocycles. The Bertz CT molecular complexity index is 1140. The van der Waals surface area contributed by atoms with Crippen molar-refractivity contribution in [2.24, 2.45) is 0 Å². The number of amides is 1. The standard InChI is InChI=1S/C24H21FN4O2/c1-17-2-7-19(8-3-17)23(30)28-12-14-29(15-13-28)24-21(16-26)27-22(31-24)11-6-18-4-9-20(25)10-5-18/h2-11H,12-15H2,1H3. The van der Waals surface area contributed by atoms with Crippen LogP contribution in [0.2, 0.25) is 0 Å². The number of oxazole rings is 1.